The van der Waals surface area contributed by atoms with E-state index in [1.807, 2.05) is 13.0 Å². The molecule has 0 saturated carbocycles. The number of aromatic nitrogens is 1. The average Bonchev–Trinajstić information content (AvgIpc) is 3.08. The molecule has 1 saturated heterocycles. The first-order chi connectivity index (χ1) is 15.5. The molecule has 7 nitrogen and oxygen atoms in total. The zero-order valence-electron chi connectivity index (χ0n) is 19.0. The quantitative estimate of drug-likeness (QED) is 0.347. The topological polar surface area (TPSA) is 83.0 Å². The van der Waals surface area contributed by atoms with Crippen LogP contribution in [-0.2, 0) is 9.59 Å². The van der Waals surface area contributed by atoms with Crippen molar-refractivity contribution < 1.29 is 19.4 Å². The van der Waals surface area contributed by atoms with Crippen molar-refractivity contribution in [2.24, 2.45) is 0 Å². The summed E-state index contributed by atoms with van der Waals surface area (Å²) >= 11 is 0. The molecule has 1 amide bonds. The fraction of sp³-hybridized carbons (Fsp3) is 0.400. The lowest BCUT2D eigenvalue weighted by atomic mass is 9.96. The Morgan fingerprint density at radius 1 is 1.16 bits per heavy atom. The van der Waals surface area contributed by atoms with Crippen LogP contribution in [0.15, 0.2) is 54.4 Å². The number of amides is 1. The summed E-state index contributed by atoms with van der Waals surface area (Å²) in [5.41, 5.74) is 1.20. The van der Waals surface area contributed by atoms with Gasteiger partial charge in [0.1, 0.15) is 11.5 Å². The van der Waals surface area contributed by atoms with Gasteiger partial charge in [-0.2, -0.15) is 0 Å². The maximum atomic E-state index is 13.1. The van der Waals surface area contributed by atoms with Gasteiger partial charge in [-0.1, -0.05) is 39.0 Å². The summed E-state index contributed by atoms with van der Waals surface area (Å²) in [5, 5.41) is 11.2. The maximum Gasteiger partial charge on any atom is 0.295 e. The largest absolute Gasteiger partial charge is 0.507 e. The Morgan fingerprint density at radius 3 is 2.59 bits per heavy atom. The highest BCUT2D eigenvalue weighted by Crippen LogP contribution is 2.39. The number of carbonyl (C=O) groups is 2. The van der Waals surface area contributed by atoms with E-state index >= 15 is 0 Å². The van der Waals surface area contributed by atoms with Gasteiger partial charge >= 0.3 is 0 Å². The van der Waals surface area contributed by atoms with Crippen LogP contribution in [-0.4, -0.2) is 64.4 Å². The third kappa shape index (κ3) is 4.99. The molecule has 0 aliphatic carbocycles. The third-order valence-electron chi connectivity index (χ3n) is 5.67. The van der Waals surface area contributed by atoms with E-state index in [4.69, 9.17) is 4.74 Å². The first-order valence-corrected chi connectivity index (χ1v) is 11.2. The van der Waals surface area contributed by atoms with E-state index in [0.29, 0.717) is 36.6 Å². The van der Waals surface area contributed by atoms with Gasteiger partial charge < -0.3 is 19.6 Å². The number of hydrogen-bond acceptors (Lipinski definition) is 6. The molecule has 2 heterocycles. The van der Waals surface area contributed by atoms with Gasteiger partial charge in [-0.3, -0.25) is 14.6 Å². The highest BCUT2D eigenvalue weighted by atomic mass is 16.5. The number of hydrogen-bond donors (Lipinski definition) is 1. The lowest BCUT2D eigenvalue weighted by molar-refractivity contribution is -0.140. The summed E-state index contributed by atoms with van der Waals surface area (Å²) in [6.07, 6.45) is 4.13. The van der Waals surface area contributed by atoms with Crippen LogP contribution >= 0.6 is 0 Å². The highest BCUT2D eigenvalue weighted by molar-refractivity contribution is 6.46. The van der Waals surface area contributed by atoms with Crippen molar-refractivity contribution in [3.63, 3.8) is 0 Å². The highest BCUT2D eigenvalue weighted by Gasteiger charge is 2.46. The van der Waals surface area contributed by atoms with E-state index in [0.717, 1.165) is 19.5 Å². The van der Waals surface area contributed by atoms with E-state index in [1.54, 1.807) is 47.6 Å². The number of aliphatic hydroxyl groups is 1. The molecule has 1 unspecified atom stereocenters. The Bertz CT molecular complexity index is 970. The summed E-state index contributed by atoms with van der Waals surface area (Å²) in [6, 6.07) is 9.84. The third-order valence-corrected chi connectivity index (χ3v) is 5.67. The summed E-state index contributed by atoms with van der Waals surface area (Å²) in [4.78, 5) is 34.0. The van der Waals surface area contributed by atoms with Gasteiger partial charge in [0.2, 0.25) is 0 Å². The van der Waals surface area contributed by atoms with E-state index in [9.17, 15) is 14.7 Å². The van der Waals surface area contributed by atoms with Crippen molar-refractivity contribution in [1.29, 1.82) is 0 Å². The fourth-order valence-corrected chi connectivity index (χ4v) is 3.89. The molecule has 32 heavy (non-hydrogen) atoms. The zero-order chi connectivity index (χ0) is 23.1. The van der Waals surface area contributed by atoms with Crippen LogP contribution in [0.4, 0.5) is 0 Å². The summed E-state index contributed by atoms with van der Waals surface area (Å²) in [5.74, 6) is -0.893. The number of likely N-dealkylation sites (N-methyl/N-ethyl adjacent to an activating group) is 1. The number of pyridine rings is 1. The monoisotopic (exact) mass is 437 g/mol. The minimum absolute atomic E-state index is 0.0789. The molecule has 1 aliphatic rings. The molecular formula is C25H31N3O4. The van der Waals surface area contributed by atoms with Gasteiger partial charge in [0, 0.05) is 31.0 Å². The number of ether oxygens (including phenoxy) is 1. The van der Waals surface area contributed by atoms with E-state index in [-0.39, 0.29) is 11.3 Å². The first kappa shape index (κ1) is 23.5. The number of aliphatic hydroxyl groups excluding tert-OH is 1. The molecule has 1 aliphatic heterocycles. The van der Waals surface area contributed by atoms with Crippen molar-refractivity contribution in [3.05, 3.63) is 65.5 Å². The van der Waals surface area contributed by atoms with Gasteiger partial charge in [0.25, 0.3) is 11.7 Å². The molecule has 0 spiro atoms. The molecule has 1 aromatic carbocycles. The van der Waals surface area contributed by atoms with Crippen LogP contribution in [0.25, 0.3) is 5.76 Å². The molecule has 1 aromatic heterocycles. The van der Waals surface area contributed by atoms with Crippen LogP contribution in [0.3, 0.4) is 0 Å². The Morgan fingerprint density at radius 2 is 1.94 bits per heavy atom. The number of likely N-dealkylation sites (tertiary alicyclic amines) is 1. The lowest BCUT2D eigenvalue weighted by Crippen LogP contribution is -2.38. The zero-order valence-corrected chi connectivity index (χ0v) is 19.0. The molecular weight excluding hydrogens is 406 g/mol. The molecule has 1 fully saturated rings. The lowest BCUT2D eigenvalue weighted by Gasteiger charge is -2.28. The van der Waals surface area contributed by atoms with Gasteiger partial charge in [-0.25, -0.2) is 0 Å². The van der Waals surface area contributed by atoms with Gasteiger partial charge in [0.15, 0.2) is 0 Å². The Labute approximate surface area is 189 Å². The molecule has 3 rings (SSSR count). The second-order valence-electron chi connectivity index (χ2n) is 7.68. The van der Waals surface area contributed by atoms with Crippen molar-refractivity contribution in [2.45, 2.75) is 33.2 Å². The predicted octanol–water partition coefficient (Wildman–Crippen LogP) is 3.63. The van der Waals surface area contributed by atoms with Gasteiger partial charge in [-0.05, 0) is 43.3 Å². The van der Waals surface area contributed by atoms with Crippen LogP contribution in [0, 0.1) is 0 Å². The summed E-state index contributed by atoms with van der Waals surface area (Å²) in [7, 11) is 0. The number of rotatable bonds is 10. The fourth-order valence-electron chi connectivity index (χ4n) is 3.89. The van der Waals surface area contributed by atoms with Crippen molar-refractivity contribution in [1.82, 2.24) is 14.8 Å². The van der Waals surface area contributed by atoms with Crippen molar-refractivity contribution in [3.8, 4) is 5.75 Å². The number of benzene rings is 1. The van der Waals surface area contributed by atoms with E-state index in [1.165, 1.54) is 0 Å². The Hall–Kier alpha value is -3.19. The van der Waals surface area contributed by atoms with Crippen molar-refractivity contribution in [2.75, 3.05) is 32.8 Å². The van der Waals surface area contributed by atoms with Crippen LogP contribution in [0.1, 0.15) is 44.4 Å². The van der Waals surface area contributed by atoms with Gasteiger partial charge in [0.05, 0.1) is 18.2 Å². The second-order valence-corrected chi connectivity index (χ2v) is 7.68. The van der Waals surface area contributed by atoms with Crippen LogP contribution in [0.5, 0.6) is 5.75 Å². The van der Waals surface area contributed by atoms with Gasteiger partial charge in [-0.15, -0.1) is 0 Å². The standard InChI is InChI=1S/C25H31N3O4/c1-4-15-32-20-11-7-9-18(16-20)23(29)21-22(19-10-8-12-26-17-19)28(25(31)24(21)30)14-13-27(5-2)6-3/h7-12,16-17,22,29H,4-6,13-15H2,1-3H3/b23-21+. The summed E-state index contributed by atoms with van der Waals surface area (Å²) in [6.45, 7) is 9.39. The normalized spacial score (nSPS) is 17.9. The van der Waals surface area contributed by atoms with Crippen LogP contribution in [0.2, 0.25) is 0 Å². The van der Waals surface area contributed by atoms with Crippen molar-refractivity contribution >= 4 is 17.4 Å². The number of ketones is 1. The minimum Gasteiger partial charge on any atom is -0.507 e. The summed E-state index contributed by atoms with van der Waals surface area (Å²) < 4.78 is 5.67. The predicted molar refractivity (Wildman–Crippen MR) is 123 cm³/mol. The van der Waals surface area contributed by atoms with E-state index in [2.05, 4.69) is 23.7 Å². The molecule has 170 valence electrons. The molecule has 0 radical (unpaired) electrons. The molecule has 2 aromatic rings. The Balaban J connectivity index is 2.04. The van der Waals surface area contributed by atoms with Crippen LogP contribution < -0.4 is 4.74 Å². The number of carbonyl (C=O) groups excluding carboxylic acids is 2. The SMILES string of the molecule is CCCOc1cccc(/C(O)=C2\C(=O)C(=O)N(CCN(CC)CC)C2c2cccnc2)c1. The molecule has 7 heteroatoms. The molecule has 1 atom stereocenters. The smallest absolute Gasteiger partial charge is 0.295 e. The average molecular weight is 438 g/mol. The first-order valence-electron chi connectivity index (χ1n) is 11.2. The molecule has 0 bridgehead atoms. The Kier molecular flexibility index (Phi) is 8.00. The second kappa shape index (κ2) is 10.9. The number of nitrogens with zero attached hydrogens (tertiary/aromatic N) is 3. The minimum atomic E-state index is -0.695. The number of Topliss-reactive ketones (excluding diaryl/α,β-unsaturated/α-hetero) is 1. The maximum absolute atomic E-state index is 13.1. The van der Waals surface area contributed by atoms with E-state index < -0.39 is 17.7 Å². The molecule has 1 N–H and O–H groups in total.